The zero-order chi connectivity index (χ0) is 18.5. The highest BCUT2D eigenvalue weighted by Gasteiger charge is 2.19. The van der Waals surface area contributed by atoms with E-state index in [0.717, 1.165) is 32.8 Å². The van der Waals surface area contributed by atoms with Crippen LogP contribution in [-0.4, -0.2) is 42.5 Å². The van der Waals surface area contributed by atoms with Gasteiger partial charge in [-0.1, -0.05) is 51.5 Å². The summed E-state index contributed by atoms with van der Waals surface area (Å²) in [4.78, 5) is 21.2. The van der Waals surface area contributed by atoms with E-state index in [1.54, 1.807) is 16.2 Å². The number of likely N-dealkylation sites (N-methyl/N-ethyl adjacent to an activating group) is 2. The molecule has 0 saturated heterocycles. The number of thiazole rings is 1. The molecule has 4 nitrogen and oxygen atoms in total. The number of rotatable bonds is 7. The van der Waals surface area contributed by atoms with Crippen LogP contribution in [0.4, 0.5) is 5.13 Å². The minimum absolute atomic E-state index is 0.0878. The van der Waals surface area contributed by atoms with E-state index in [9.17, 15) is 4.79 Å². The number of amides is 1. The summed E-state index contributed by atoms with van der Waals surface area (Å²) in [7, 11) is 1.99. The van der Waals surface area contributed by atoms with Gasteiger partial charge in [0.05, 0.1) is 16.8 Å². The molecule has 0 atom stereocenters. The number of hydrogen-bond acceptors (Lipinski definition) is 4. The first kappa shape index (κ1) is 19.0. The average Bonchev–Trinajstić information content (AvgIpc) is 3.05. The summed E-state index contributed by atoms with van der Waals surface area (Å²) < 4.78 is 2.19. The van der Waals surface area contributed by atoms with E-state index in [1.165, 1.54) is 5.56 Å². The van der Waals surface area contributed by atoms with Gasteiger partial charge in [0.1, 0.15) is 0 Å². The molecule has 6 heteroatoms. The van der Waals surface area contributed by atoms with Crippen LogP contribution in [0.3, 0.4) is 0 Å². The average molecular weight is 432 g/mol. The molecular weight excluding hydrogens is 410 g/mol. The summed E-state index contributed by atoms with van der Waals surface area (Å²) in [6.45, 7) is 3.84. The molecule has 2 aromatic carbocycles. The summed E-state index contributed by atoms with van der Waals surface area (Å²) in [6, 6.07) is 16.3. The smallest absolute Gasteiger partial charge is 0.242 e. The van der Waals surface area contributed by atoms with Crippen molar-refractivity contribution in [2.45, 2.75) is 13.3 Å². The van der Waals surface area contributed by atoms with Gasteiger partial charge in [0.15, 0.2) is 5.13 Å². The largest absolute Gasteiger partial charge is 0.297 e. The Kier molecular flexibility index (Phi) is 6.40. The number of carbonyl (C=O) groups excluding carboxylic acids is 1. The van der Waals surface area contributed by atoms with Crippen molar-refractivity contribution in [3.63, 3.8) is 0 Å². The Morgan fingerprint density at radius 2 is 1.88 bits per heavy atom. The first-order valence-corrected chi connectivity index (χ1v) is 10.3. The molecule has 1 aromatic heterocycles. The van der Waals surface area contributed by atoms with Gasteiger partial charge in [0, 0.05) is 17.6 Å². The van der Waals surface area contributed by atoms with E-state index in [4.69, 9.17) is 0 Å². The summed E-state index contributed by atoms with van der Waals surface area (Å²) >= 11 is 5.02. The van der Waals surface area contributed by atoms with Crippen molar-refractivity contribution in [2.24, 2.45) is 0 Å². The lowest BCUT2D eigenvalue weighted by Crippen LogP contribution is -2.39. The topological polar surface area (TPSA) is 36.4 Å². The van der Waals surface area contributed by atoms with E-state index in [-0.39, 0.29) is 5.91 Å². The van der Waals surface area contributed by atoms with Gasteiger partial charge >= 0.3 is 0 Å². The summed E-state index contributed by atoms with van der Waals surface area (Å²) in [5.74, 6) is 0.0878. The van der Waals surface area contributed by atoms with Crippen LogP contribution >= 0.6 is 27.3 Å². The van der Waals surface area contributed by atoms with Crippen molar-refractivity contribution in [3.05, 3.63) is 58.6 Å². The Hall–Kier alpha value is -1.76. The molecule has 3 rings (SSSR count). The Labute approximate surface area is 166 Å². The molecule has 3 aromatic rings. The molecule has 0 N–H and O–H groups in total. The van der Waals surface area contributed by atoms with Crippen molar-refractivity contribution in [1.82, 2.24) is 9.88 Å². The van der Waals surface area contributed by atoms with E-state index >= 15 is 0 Å². The van der Waals surface area contributed by atoms with Gasteiger partial charge in [0.25, 0.3) is 0 Å². The van der Waals surface area contributed by atoms with Crippen LogP contribution in [-0.2, 0) is 11.2 Å². The molecule has 0 radical (unpaired) electrons. The molecule has 0 spiro atoms. The Morgan fingerprint density at radius 3 is 2.58 bits per heavy atom. The minimum Gasteiger partial charge on any atom is -0.297 e. The zero-order valence-electron chi connectivity index (χ0n) is 15.0. The highest BCUT2D eigenvalue weighted by Crippen LogP contribution is 2.28. The van der Waals surface area contributed by atoms with Crippen LogP contribution in [0.2, 0.25) is 0 Å². The summed E-state index contributed by atoms with van der Waals surface area (Å²) in [5, 5.41) is 0.778. The Balaban J connectivity index is 1.60. The van der Waals surface area contributed by atoms with E-state index in [0.29, 0.717) is 13.1 Å². The van der Waals surface area contributed by atoms with Gasteiger partial charge in [0.2, 0.25) is 5.91 Å². The lowest BCUT2D eigenvalue weighted by atomic mass is 10.1. The van der Waals surface area contributed by atoms with Crippen molar-refractivity contribution in [1.29, 1.82) is 0 Å². The van der Waals surface area contributed by atoms with E-state index < -0.39 is 0 Å². The monoisotopic (exact) mass is 431 g/mol. The maximum absolute atomic E-state index is 12.8. The molecule has 136 valence electrons. The fourth-order valence-corrected chi connectivity index (χ4v) is 4.07. The number of nitrogens with zero attached hydrogens (tertiary/aromatic N) is 3. The SMILES string of the molecule is CCN(C(=O)CN(C)CCc1ccc(Br)cc1)c1nc2ccccc2s1. The molecule has 1 heterocycles. The normalized spacial score (nSPS) is 11.2. The minimum atomic E-state index is 0.0878. The van der Waals surface area contributed by atoms with Crippen molar-refractivity contribution >= 4 is 48.5 Å². The fraction of sp³-hybridized carbons (Fsp3) is 0.300. The third-order valence-corrected chi connectivity index (χ3v) is 5.82. The van der Waals surface area contributed by atoms with Gasteiger partial charge in [-0.2, -0.15) is 0 Å². The highest BCUT2D eigenvalue weighted by atomic mass is 79.9. The van der Waals surface area contributed by atoms with Gasteiger partial charge in [-0.15, -0.1) is 0 Å². The molecule has 0 aliphatic carbocycles. The summed E-state index contributed by atoms with van der Waals surface area (Å²) in [6.07, 6.45) is 0.921. The maximum atomic E-state index is 12.8. The molecule has 26 heavy (non-hydrogen) atoms. The molecule has 0 aliphatic heterocycles. The number of halogens is 1. The van der Waals surface area contributed by atoms with Gasteiger partial charge in [-0.25, -0.2) is 4.98 Å². The lowest BCUT2D eigenvalue weighted by molar-refractivity contribution is -0.119. The van der Waals surface area contributed by atoms with Crippen LogP contribution in [0.1, 0.15) is 12.5 Å². The molecule has 0 fully saturated rings. The van der Waals surface area contributed by atoms with Crippen molar-refractivity contribution < 1.29 is 4.79 Å². The number of fused-ring (bicyclic) bond motifs is 1. The Bertz CT molecular complexity index is 845. The van der Waals surface area contributed by atoms with Crippen LogP contribution in [0.15, 0.2) is 53.0 Å². The first-order valence-electron chi connectivity index (χ1n) is 8.65. The highest BCUT2D eigenvalue weighted by molar-refractivity contribution is 9.10. The van der Waals surface area contributed by atoms with Crippen LogP contribution < -0.4 is 4.90 Å². The van der Waals surface area contributed by atoms with E-state index in [2.05, 4.69) is 37.9 Å². The van der Waals surface area contributed by atoms with Gasteiger partial charge < -0.3 is 0 Å². The zero-order valence-corrected chi connectivity index (χ0v) is 17.4. The molecule has 0 aliphatic rings. The number of carbonyl (C=O) groups is 1. The maximum Gasteiger partial charge on any atom is 0.242 e. The molecule has 0 unspecified atom stereocenters. The van der Waals surface area contributed by atoms with E-state index in [1.807, 2.05) is 50.4 Å². The number of anilines is 1. The van der Waals surface area contributed by atoms with Crippen molar-refractivity contribution in [2.75, 3.05) is 31.6 Å². The summed E-state index contributed by atoms with van der Waals surface area (Å²) in [5.41, 5.74) is 2.22. The molecular formula is C20H22BrN3OS. The third kappa shape index (κ3) is 4.69. The third-order valence-electron chi connectivity index (χ3n) is 4.23. The predicted octanol–water partition coefficient (Wildman–Crippen LogP) is 4.59. The second kappa shape index (κ2) is 8.75. The lowest BCUT2D eigenvalue weighted by Gasteiger charge is -2.22. The predicted molar refractivity (Wildman–Crippen MR) is 113 cm³/mol. The van der Waals surface area contributed by atoms with Crippen molar-refractivity contribution in [3.8, 4) is 0 Å². The van der Waals surface area contributed by atoms with Crippen LogP contribution in [0.5, 0.6) is 0 Å². The second-order valence-corrected chi connectivity index (χ2v) is 8.14. The quantitative estimate of drug-likeness (QED) is 0.548. The standard InChI is InChI=1S/C20H22BrN3OS/c1-3-24(20-22-17-6-4-5-7-18(17)26-20)19(25)14-23(2)13-12-15-8-10-16(21)11-9-15/h4-11H,3,12-14H2,1-2H3. The number of hydrogen-bond donors (Lipinski definition) is 0. The molecule has 1 amide bonds. The molecule has 0 saturated carbocycles. The van der Waals surface area contributed by atoms with Crippen LogP contribution in [0, 0.1) is 0 Å². The first-order chi connectivity index (χ1) is 12.6. The molecule has 0 bridgehead atoms. The number of benzene rings is 2. The number of aromatic nitrogens is 1. The second-order valence-electron chi connectivity index (χ2n) is 6.22. The van der Waals surface area contributed by atoms with Gasteiger partial charge in [-0.3, -0.25) is 14.6 Å². The van der Waals surface area contributed by atoms with Gasteiger partial charge in [-0.05, 0) is 50.2 Å². The fourth-order valence-electron chi connectivity index (χ4n) is 2.76. The number of para-hydroxylation sites is 1. The van der Waals surface area contributed by atoms with Crippen LogP contribution in [0.25, 0.3) is 10.2 Å². The Morgan fingerprint density at radius 1 is 1.15 bits per heavy atom.